The molecular weight excluding hydrogens is 386 g/mol. The fourth-order valence-electron chi connectivity index (χ4n) is 4.63. The second-order valence-electron chi connectivity index (χ2n) is 8.40. The molecule has 6 nitrogen and oxygen atoms in total. The first-order valence-electron chi connectivity index (χ1n) is 11.4. The average molecular weight is 422 g/mol. The molecule has 0 saturated carbocycles. The third kappa shape index (κ3) is 5.50. The molecule has 2 aromatic carbocycles. The molecule has 2 N–H and O–H groups in total. The number of methoxy groups -OCH3 is 1. The van der Waals surface area contributed by atoms with E-state index >= 15 is 0 Å². The molecule has 2 aliphatic rings. The number of ether oxygens (including phenoxy) is 1. The van der Waals surface area contributed by atoms with Crippen molar-refractivity contribution in [2.24, 2.45) is 4.99 Å². The largest absolute Gasteiger partial charge is 0.495 e. The Balaban J connectivity index is 1.18. The molecule has 31 heavy (non-hydrogen) atoms. The standard InChI is InChI=1S/C25H35N5O/c1-26-25(27-14-7-15-29-16-12-20-8-3-4-9-21(20)18-29)28-22-13-17-30(19-22)23-10-5-6-11-24(23)31-2/h3-6,8-11,22H,7,12-19H2,1-2H3,(H2,26,27,28). The number of aliphatic imine (C=N–C) groups is 1. The molecule has 1 fully saturated rings. The number of benzene rings is 2. The van der Waals surface area contributed by atoms with Crippen LogP contribution >= 0.6 is 0 Å². The summed E-state index contributed by atoms with van der Waals surface area (Å²) in [5.41, 5.74) is 4.17. The normalized spacial score (nSPS) is 19.2. The zero-order valence-corrected chi connectivity index (χ0v) is 18.8. The van der Waals surface area contributed by atoms with Gasteiger partial charge in [0.25, 0.3) is 0 Å². The van der Waals surface area contributed by atoms with Crippen LogP contribution in [0.3, 0.4) is 0 Å². The van der Waals surface area contributed by atoms with Crippen LogP contribution in [-0.4, -0.2) is 63.8 Å². The van der Waals surface area contributed by atoms with Crippen LogP contribution in [0.4, 0.5) is 5.69 Å². The molecule has 0 aliphatic carbocycles. The van der Waals surface area contributed by atoms with Crippen molar-refractivity contribution in [1.82, 2.24) is 15.5 Å². The van der Waals surface area contributed by atoms with E-state index in [0.717, 1.165) is 70.2 Å². The van der Waals surface area contributed by atoms with Crippen molar-refractivity contribution in [3.63, 3.8) is 0 Å². The Hall–Kier alpha value is -2.73. The number of hydrogen-bond donors (Lipinski definition) is 2. The summed E-state index contributed by atoms with van der Waals surface area (Å²) in [5.74, 6) is 1.84. The zero-order valence-electron chi connectivity index (χ0n) is 18.8. The van der Waals surface area contributed by atoms with Crippen molar-refractivity contribution >= 4 is 11.6 Å². The number of nitrogens with one attached hydrogen (secondary N) is 2. The van der Waals surface area contributed by atoms with Crippen molar-refractivity contribution in [2.75, 3.05) is 51.8 Å². The summed E-state index contributed by atoms with van der Waals surface area (Å²) < 4.78 is 5.53. The highest BCUT2D eigenvalue weighted by Crippen LogP contribution is 2.30. The summed E-state index contributed by atoms with van der Waals surface area (Å²) in [5, 5.41) is 7.10. The number of para-hydroxylation sites is 2. The van der Waals surface area contributed by atoms with Crippen LogP contribution in [0, 0.1) is 0 Å². The topological polar surface area (TPSA) is 52.1 Å². The zero-order chi connectivity index (χ0) is 21.5. The van der Waals surface area contributed by atoms with Crippen molar-refractivity contribution < 1.29 is 4.74 Å². The summed E-state index contributed by atoms with van der Waals surface area (Å²) in [6.45, 7) is 6.25. The second kappa shape index (κ2) is 10.5. The van der Waals surface area contributed by atoms with Gasteiger partial charge in [0, 0.05) is 52.4 Å². The minimum atomic E-state index is 0.384. The summed E-state index contributed by atoms with van der Waals surface area (Å²) in [7, 11) is 3.59. The van der Waals surface area contributed by atoms with Crippen LogP contribution in [0.1, 0.15) is 24.0 Å². The first-order chi connectivity index (χ1) is 15.3. The van der Waals surface area contributed by atoms with Crippen molar-refractivity contribution in [3.8, 4) is 5.75 Å². The number of anilines is 1. The molecular formula is C25H35N5O. The lowest BCUT2D eigenvalue weighted by Crippen LogP contribution is -2.45. The van der Waals surface area contributed by atoms with E-state index in [9.17, 15) is 0 Å². The number of nitrogens with zero attached hydrogens (tertiary/aromatic N) is 3. The molecule has 0 aromatic heterocycles. The lowest BCUT2D eigenvalue weighted by atomic mass is 10.00. The minimum absolute atomic E-state index is 0.384. The van der Waals surface area contributed by atoms with Crippen LogP contribution in [0.2, 0.25) is 0 Å². The maximum Gasteiger partial charge on any atom is 0.191 e. The molecule has 1 saturated heterocycles. The lowest BCUT2D eigenvalue weighted by Gasteiger charge is -2.28. The Kier molecular flexibility index (Phi) is 7.30. The number of guanidine groups is 1. The predicted molar refractivity (Wildman–Crippen MR) is 128 cm³/mol. The molecule has 4 rings (SSSR count). The minimum Gasteiger partial charge on any atom is -0.495 e. The van der Waals surface area contributed by atoms with Gasteiger partial charge in [0.2, 0.25) is 0 Å². The SMILES string of the molecule is CN=C(NCCCN1CCc2ccccc2C1)NC1CCN(c2ccccc2OC)C1. The van der Waals surface area contributed by atoms with E-state index in [-0.39, 0.29) is 0 Å². The van der Waals surface area contributed by atoms with Gasteiger partial charge in [-0.1, -0.05) is 36.4 Å². The molecule has 0 radical (unpaired) electrons. The van der Waals surface area contributed by atoms with Gasteiger partial charge in [-0.3, -0.25) is 9.89 Å². The van der Waals surface area contributed by atoms with E-state index < -0.39 is 0 Å². The maximum absolute atomic E-state index is 5.53. The molecule has 2 aliphatic heterocycles. The van der Waals surface area contributed by atoms with Crippen LogP contribution < -0.4 is 20.3 Å². The Morgan fingerprint density at radius 2 is 1.90 bits per heavy atom. The van der Waals surface area contributed by atoms with Gasteiger partial charge in [0.15, 0.2) is 5.96 Å². The van der Waals surface area contributed by atoms with Gasteiger partial charge in [-0.25, -0.2) is 0 Å². The fourth-order valence-corrected chi connectivity index (χ4v) is 4.63. The molecule has 1 atom stereocenters. The van der Waals surface area contributed by atoms with Crippen molar-refractivity contribution in [3.05, 3.63) is 59.7 Å². The molecule has 0 bridgehead atoms. The van der Waals surface area contributed by atoms with Crippen LogP contribution in [-0.2, 0) is 13.0 Å². The first kappa shape index (κ1) is 21.5. The molecule has 2 aromatic rings. The summed E-state index contributed by atoms with van der Waals surface area (Å²) in [6.07, 6.45) is 3.37. The molecule has 2 heterocycles. The highest BCUT2D eigenvalue weighted by Gasteiger charge is 2.25. The highest BCUT2D eigenvalue weighted by atomic mass is 16.5. The number of rotatable bonds is 7. The van der Waals surface area contributed by atoms with Gasteiger partial charge < -0.3 is 20.3 Å². The Morgan fingerprint density at radius 3 is 2.74 bits per heavy atom. The summed E-state index contributed by atoms with van der Waals surface area (Å²) >= 11 is 0. The fraction of sp³-hybridized carbons (Fsp3) is 0.480. The van der Waals surface area contributed by atoms with Gasteiger partial charge >= 0.3 is 0 Å². The number of hydrogen-bond acceptors (Lipinski definition) is 4. The molecule has 0 spiro atoms. The smallest absolute Gasteiger partial charge is 0.191 e. The highest BCUT2D eigenvalue weighted by molar-refractivity contribution is 5.80. The van der Waals surface area contributed by atoms with Crippen LogP contribution in [0.5, 0.6) is 5.75 Å². The van der Waals surface area contributed by atoms with E-state index in [4.69, 9.17) is 4.74 Å². The van der Waals surface area contributed by atoms with E-state index in [1.807, 2.05) is 19.2 Å². The van der Waals surface area contributed by atoms with Crippen molar-refractivity contribution in [2.45, 2.75) is 31.8 Å². The van der Waals surface area contributed by atoms with Gasteiger partial charge in [0.1, 0.15) is 5.75 Å². The molecule has 166 valence electrons. The van der Waals surface area contributed by atoms with Crippen LogP contribution in [0.25, 0.3) is 0 Å². The van der Waals surface area contributed by atoms with E-state index in [1.54, 1.807) is 7.11 Å². The van der Waals surface area contributed by atoms with Gasteiger partial charge in [-0.2, -0.15) is 0 Å². The third-order valence-corrected chi connectivity index (χ3v) is 6.33. The first-order valence-corrected chi connectivity index (χ1v) is 11.4. The second-order valence-corrected chi connectivity index (χ2v) is 8.40. The third-order valence-electron chi connectivity index (χ3n) is 6.33. The van der Waals surface area contributed by atoms with E-state index in [1.165, 1.54) is 16.8 Å². The van der Waals surface area contributed by atoms with Gasteiger partial charge in [0.05, 0.1) is 12.8 Å². The maximum atomic E-state index is 5.53. The molecule has 6 heteroatoms. The van der Waals surface area contributed by atoms with E-state index in [2.05, 4.69) is 61.8 Å². The Morgan fingerprint density at radius 1 is 1.10 bits per heavy atom. The number of fused-ring (bicyclic) bond motifs is 1. The Labute approximate surface area is 186 Å². The monoisotopic (exact) mass is 421 g/mol. The molecule has 0 amide bonds. The Bertz CT molecular complexity index is 884. The van der Waals surface area contributed by atoms with Crippen molar-refractivity contribution in [1.29, 1.82) is 0 Å². The van der Waals surface area contributed by atoms with Gasteiger partial charge in [-0.15, -0.1) is 0 Å². The van der Waals surface area contributed by atoms with Gasteiger partial charge in [-0.05, 0) is 42.5 Å². The summed E-state index contributed by atoms with van der Waals surface area (Å²) in [4.78, 5) is 9.38. The lowest BCUT2D eigenvalue weighted by molar-refractivity contribution is 0.251. The summed E-state index contributed by atoms with van der Waals surface area (Å²) in [6, 6.07) is 17.5. The average Bonchev–Trinajstić information content (AvgIpc) is 3.29. The quantitative estimate of drug-likeness (QED) is 0.409. The van der Waals surface area contributed by atoms with Crippen LogP contribution in [0.15, 0.2) is 53.5 Å². The predicted octanol–water partition coefficient (Wildman–Crippen LogP) is 2.89. The van der Waals surface area contributed by atoms with E-state index in [0.29, 0.717) is 6.04 Å². The molecule has 1 unspecified atom stereocenters.